The van der Waals surface area contributed by atoms with Crippen LogP contribution in [0.3, 0.4) is 0 Å². The van der Waals surface area contributed by atoms with Crippen LogP contribution in [0.1, 0.15) is 40.6 Å². The van der Waals surface area contributed by atoms with E-state index in [0.29, 0.717) is 11.3 Å². The molecule has 0 bridgehead atoms. The lowest BCUT2D eigenvalue weighted by Crippen LogP contribution is -2.38. The van der Waals surface area contributed by atoms with Crippen molar-refractivity contribution in [2.45, 2.75) is 24.0 Å². The van der Waals surface area contributed by atoms with Crippen molar-refractivity contribution in [3.8, 4) is 0 Å². The molecule has 0 aromatic heterocycles. The van der Waals surface area contributed by atoms with Gasteiger partial charge in [-0.15, -0.1) is 0 Å². The normalized spacial score (nSPS) is 18.2. The van der Waals surface area contributed by atoms with Gasteiger partial charge in [0.15, 0.2) is 0 Å². The largest absolute Gasteiger partial charge is 0.364 e. The second kappa shape index (κ2) is 7.69. The van der Waals surface area contributed by atoms with Gasteiger partial charge in [0.25, 0.3) is 5.91 Å². The Morgan fingerprint density at radius 1 is 0.931 bits per heavy atom. The number of hydrogen-bond acceptors (Lipinski definition) is 4. The van der Waals surface area contributed by atoms with Crippen molar-refractivity contribution in [3.05, 3.63) is 95.6 Å². The van der Waals surface area contributed by atoms with E-state index in [4.69, 9.17) is 0 Å². The van der Waals surface area contributed by atoms with E-state index < -0.39 is 16.2 Å². The molecule has 2 unspecified atom stereocenters. The maximum absolute atomic E-state index is 12.5. The fraction of sp³-hybridized carbons (Fsp3) is 0.136. The van der Waals surface area contributed by atoms with E-state index in [-0.39, 0.29) is 16.8 Å². The molecule has 4 rings (SSSR count). The van der Waals surface area contributed by atoms with E-state index in [1.54, 1.807) is 48.5 Å². The van der Waals surface area contributed by atoms with E-state index in [1.807, 2.05) is 37.3 Å². The molecule has 1 amide bonds. The lowest BCUT2D eigenvalue weighted by molar-refractivity contribution is 0.0940. The third-order valence-corrected chi connectivity index (χ3v) is 6.38. The van der Waals surface area contributed by atoms with Crippen molar-refractivity contribution in [2.24, 2.45) is 0 Å². The van der Waals surface area contributed by atoms with Gasteiger partial charge in [-0.2, -0.15) is 4.72 Å². The molecule has 148 valence electrons. The second-order valence-corrected chi connectivity index (χ2v) is 8.61. The maximum atomic E-state index is 12.5. The van der Waals surface area contributed by atoms with Crippen LogP contribution in [0, 0.1) is 0 Å². The van der Waals surface area contributed by atoms with Crippen LogP contribution in [0.4, 0.5) is 5.69 Å². The summed E-state index contributed by atoms with van der Waals surface area (Å²) in [5.74, 6) is -0.185. The Bertz CT molecular complexity index is 1130. The fourth-order valence-corrected chi connectivity index (χ4v) is 4.61. The smallest absolute Gasteiger partial charge is 0.251 e. The molecule has 3 aromatic carbocycles. The lowest BCUT2D eigenvalue weighted by Gasteiger charge is -2.28. The Kier molecular flexibility index (Phi) is 5.08. The molecule has 0 fully saturated rings. The Hall–Kier alpha value is -3.16. The Labute approximate surface area is 170 Å². The molecular weight excluding hydrogens is 386 g/mol. The molecule has 1 aliphatic heterocycles. The topological polar surface area (TPSA) is 87.3 Å². The molecule has 3 aromatic rings. The second-order valence-electron chi connectivity index (χ2n) is 6.92. The van der Waals surface area contributed by atoms with Gasteiger partial charge in [0.05, 0.1) is 11.7 Å². The van der Waals surface area contributed by atoms with E-state index in [9.17, 15) is 13.2 Å². The van der Waals surface area contributed by atoms with Crippen LogP contribution < -0.4 is 15.4 Å². The molecule has 7 heteroatoms. The highest BCUT2D eigenvalue weighted by Crippen LogP contribution is 2.30. The minimum absolute atomic E-state index is 0.119. The first-order chi connectivity index (χ1) is 13.9. The summed E-state index contributed by atoms with van der Waals surface area (Å²) in [5, 5.41) is 6.15. The molecule has 6 nitrogen and oxygen atoms in total. The maximum Gasteiger partial charge on any atom is 0.251 e. The summed E-state index contributed by atoms with van der Waals surface area (Å²) in [6.45, 7) is 1.93. The number of sulfonamides is 1. The number of carbonyl (C=O) groups is 1. The number of hydrogen-bond donors (Lipinski definition) is 3. The number of amides is 1. The van der Waals surface area contributed by atoms with Gasteiger partial charge >= 0.3 is 0 Å². The van der Waals surface area contributed by atoms with Crippen LogP contribution in [0.2, 0.25) is 0 Å². The zero-order valence-electron chi connectivity index (χ0n) is 15.8. The van der Waals surface area contributed by atoms with E-state index >= 15 is 0 Å². The summed E-state index contributed by atoms with van der Waals surface area (Å²) in [4.78, 5) is 12.8. The number of anilines is 1. The van der Waals surface area contributed by atoms with E-state index in [2.05, 4.69) is 15.4 Å². The fourth-order valence-electron chi connectivity index (χ4n) is 3.31. The average molecular weight is 407 g/mol. The van der Waals surface area contributed by atoms with Crippen molar-refractivity contribution >= 4 is 21.6 Å². The minimum Gasteiger partial charge on any atom is -0.364 e. The zero-order chi connectivity index (χ0) is 20.4. The number of rotatable bonds is 4. The van der Waals surface area contributed by atoms with Gasteiger partial charge < -0.3 is 10.6 Å². The third-order valence-electron chi connectivity index (χ3n) is 4.90. The van der Waals surface area contributed by atoms with Crippen LogP contribution in [-0.2, 0) is 10.0 Å². The first kappa shape index (κ1) is 19.2. The molecule has 0 aliphatic carbocycles. The van der Waals surface area contributed by atoms with Crippen LogP contribution >= 0.6 is 0 Å². The molecule has 1 aliphatic rings. The monoisotopic (exact) mass is 407 g/mol. The van der Waals surface area contributed by atoms with Crippen molar-refractivity contribution in [3.63, 3.8) is 0 Å². The molecular formula is C22H21N3O3S. The van der Waals surface area contributed by atoms with Gasteiger partial charge in [-0.1, -0.05) is 54.6 Å². The predicted molar refractivity (Wildman–Crippen MR) is 112 cm³/mol. The highest BCUT2D eigenvalue weighted by Gasteiger charge is 2.29. The van der Waals surface area contributed by atoms with Crippen molar-refractivity contribution < 1.29 is 13.2 Å². The summed E-state index contributed by atoms with van der Waals surface area (Å²) < 4.78 is 27.6. The van der Waals surface area contributed by atoms with Crippen LogP contribution in [0.25, 0.3) is 0 Å². The number of carbonyl (C=O) groups excluding carboxylic acids is 1. The number of nitrogens with one attached hydrogen (secondary N) is 3. The SMILES string of the molecule is CC(NC(=O)c1ccc(C2Nc3ccccc3S(=O)(=O)N2)cc1)c1ccccc1. The average Bonchev–Trinajstić information content (AvgIpc) is 2.74. The molecule has 2 atom stereocenters. The highest BCUT2D eigenvalue weighted by molar-refractivity contribution is 7.89. The summed E-state index contributed by atoms with van der Waals surface area (Å²) >= 11 is 0. The van der Waals surface area contributed by atoms with Crippen molar-refractivity contribution in [1.29, 1.82) is 0 Å². The van der Waals surface area contributed by atoms with Crippen molar-refractivity contribution in [1.82, 2.24) is 10.0 Å². The standard InChI is InChI=1S/C22H21N3O3S/c1-15(16-7-3-2-4-8-16)23-22(26)18-13-11-17(12-14-18)21-24-19-9-5-6-10-20(19)29(27,28)25-21/h2-15,21,24-25H,1H3,(H,23,26). The molecule has 0 saturated heterocycles. The quantitative estimate of drug-likeness (QED) is 0.617. The summed E-state index contributed by atoms with van der Waals surface area (Å²) in [6.07, 6.45) is -0.602. The molecule has 0 spiro atoms. The Morgan fingerprint density at radius 2 is 1.59 bits per heavy atom. The first-order valence-corrected chi connectivity index (χ1v) is 10.8. The van der Waals surface area contributed by atoms with E-state index in [0.717, 1.165) is 11.1 Å². The summed E-state index contributed by atoms with van der Waals surface area (Å²) in [7, 11) is -3.60. The van der Waals surface area contributed by atoms with Crippen molar-refractivity contribution in [2.75, 3.05) is 5.32 Å². The molecule has 0 saturated carbocycles. The lowest BCUT2D eigenvalue weighted by atomic mass is 10.1. The minimum atomic E-state index is -3.60. The van der Waals surface area contributed by atoms with Gasteiger partial charge in [0.1, 0.15) is 11.1 Å². The molecule has 3 N–H and O–H groups in total. The third kappa shape index (κ3) is 4.01. The van der Waals surface area contributed by atoms with Gasteiger partial charge in [0, 0.05) is 5.56 Å². The Balaban J connectivity index is 1.49. The summed E-state index contributed by atoms with van der Waals surface area (Å²) in [6, 6.07) is 23.2. The number of benzene rings is 3. The highest BCUT2D eigenvalue weighted by atomic mass is 32.2. The number of fused-ring (bicyclic) bond motifs is 1. The molecule has 0 radical (unpaired) electrons. The van der Waals surface area contributed by atoms with Crippen LogP contribution in [0.15, 0.2) is 83.8 Å². The van der Waals surface area contributed by atoms with Crippen LogP contribution in [0.5, 0.6) is 0 Å². The van der Waals surface area contributed by atoms with Gasteiger partial charge in [-0.3, -0.25) is 4.79 Å². The summed E-state index contributed by atoms with van der Waals surface area (Å²) in [5.41, 5.74) is 2.80. The molecule has 1 heterocycles. The van der Waals surface area contributed by atoms with Crippen LogP contribution in [-0.4, -0.2) is 14.3 Å². The van der Waals surface area contributed by atoms with E-state index in [1.165, 1.54) is 0 Å². The molecule has 29 heavy (non-hydrogen) atoms. The Morgan fingerprint density at radius 3 is 2.31 bits per heavy atom. The number of para-hydroxylation sites is 1. The van der Waals surface area contributed by atoms with Gasteiger partial charge in [-0.05, 0) is 42.3 Å². The van der Waals surface area contributed by atoms with Gasteiger partial charge in [0.2, 0.25) is 10.0 Å². The first-order valence-electron chi connectivity index (χ1n) is 9.28. The van der Waals surface area contributed by atoms with Gasteiger partial charge in [-0.25, -0.2) is 8.42 Å². The zero-order valence-corrected chi connectivity index (χ0v) is 16.6. The predicted octanol–water partition coefficient (Wildman–Crippen LogP) is 3.58.